The van der Waals surface area contributed by atoms with E-state index < -0.39 is 5.97 Å². The van der Waals surface area contributed by atoms with Crippen molar-refractivity contribution in [3.8, 4) is 11.3 Å². The molecule has 1 amide bonds. The molecule has 4 rings (SSSR count). The molecule has 0 spiro atoms. The number of rotatable bonds is 11. The molecule has 0 saturated carbocycles. The summed E-state index contributed by atoms with van der Waals surface area (Å²) in [6.45, 7) is 6.68. The van der Waals surface area contributed by atoms with Gasteiger partial charge in [-0.3, -0.25) is 10.1 Å². The van der Waals surface area contributed by atoms with Crippen molar-refractivity contribution in [2.75, 3.05) is 57.1 Å². The Morgan fingerprint density at radius 2 is 1.88 bits per heavy atom. The lowest BCUT2D eigenvalue weighted by atomic mass is 10.1. The van der Waals surface area contributed by atoms with Gasteiger partial charge >= 0.3 is 5.97 Å². The van der Waals surface area contributed by atoms with E-state index in [0.717, 1.165) is 24.3 Å². The topological polar surface area (TPSA) is 133 Å². The molecule has 0 atom stereocenters. The van der Waals surface area contributed by atoms with E-state index in [2.05, 4.69) is 25.4 Å². The fourth-order valence-electron chi connectivity index (χ4n) is 4.32. The van der Waals surface area contributed by atoms with Crippen LogP contribution in [0.5, 0.6) is 0 Å². The van der Waals surface area contributed by atoms with Gasteiger partial charge in [0.05, 0.1) is 24.1 Å². The molecule has 0 radical (unpaired) electrons. The monoisotopic (exact) mass is 567 g/mol. The molecule has 0 aliphatic carbocycles. The number of amides is 1. The molecule has 40 heavy (non-hydrogen) atoms. The van der Waals surface area contributed by atoms with Gasteiger partial charge in [-0.1, -0.05) is 23.5 Å². The third kappa shape index (κ3) is 7.74. The highest BCUT2D eigenvalue weighted by molar-refractivity contribution is 7.17. The molecule has 1 aliphatic heterocycles. The lowest BCUT2D eigenvalue weighted by molar-refractivity contribution is 0.0530. The summed E-state index contributed by atoms with van der Waals surface area (Å²) in [5.41, 5.74) is 2.66. The highest BCUT2D eigenvalue weighted by Crippen LogP contribution is 2.29. The smallest absolute Gasteiger partial charge is 0.350 e. The molecule has 1 aliphatic rings. The van der Waals surface area contributed by atoms with E-state index in [1.807, 2.05) is 32.3 Å². The quantitative estimate of drug-likeness (QED) is 0.234. The predicted molar refractivity (Wildman–Crippen MR) is 157 cm³/mol. The number of carbonyl (C=O) groups excluding carboxylic acids is 2. The second-order valence-electron chi connectivity index (χ2n) is 9.92. The summed E-state index contributed by atoms with van der Waals surface area (Å²) >= 11 is 1.19. The largest absolute Gasteiger partial charge is 0.462 e. The van der Waals surface area contributed by atoms with Crippen LogP contribution in [0.3, 0.4) is 0 Å². The summed E-state index contributed by atoms with van der Waals surface area (Å²) in [5, 5.41) is 16.6. The summed E-state index contributed by atoms with van der Waals surface area (Å²) in [6.07, 6.45) is 1.89. The SMILES string of the molecule is CCOC(=O)c1sc(Nc2nc(-c3ccc(C(=O)NCCCN(C)C)cc3)cc(N3CCC(O)CC3)n2)nc1C. The predicted octanol–water partition coefficient (Wildman–Crippen LogP) is 3.47. The molecule has 1 saturated heterocycles. The molecule has 3 heterocycles. The number of benzene rings is 1. The average Bonchev–Trinajstić information content (AvgIpc) is 3.31. The van der Waals surface area contributed by atoms with Crippen LogP contribution in [0, 0.1) is 6.92 Å². The van der Waals surface area contributed by atoms with Gasteiger partial charge < -0.3 is 25.0 Å². The zero-order valence-corrected chi connectivity index (χ0v) is 24.3. The second kappa shape index (κ2) is 13.6. The number of aliphatic hydroxyl groups is 1. The number of aromatic nitrogens is 3. The third-order valence-electron chi connectivity index (χ3n) is 6.49. The lowest BCUT2D eigenvalue weighted by Crippen LogP contribution is -2.36. The number of nitrogens with one attached hydrogen (secondary N) is 2. The molecule has 11 nitrogen and oxygen atoms in total. The summed E-state index contributed by atoms with van der Waals surface area (Å²) < 4.78 is 5.13. The molecular weight excluding hydrogens is 530 g/mol. The number of nitrogens with zero attached hydrogens (tertiary/aromatic N) is 5. The standard InChI is InChI=1S/C28H37N7O4S/c1-5-39-26(38)24-18(2)30-28(40-24)33-27-31-22(17-23(32-27)35-15-11-21(36)12-16-35)19-7-9-20(10-8-19)25(37)29-13-6-14-34(3)4/h7-10,17,21,36H,5-6,11-16H2,1-4H3,(H,29,37)(H,30,31,32,33). The maximum Gasteiger partial charge on any atom is 0.350 e. The molecular formula is C28H37N7O4S. The highest BCUT2D eigenvalue weighted by atomic mass is 32.1. The first-order valence-electron chi connectivity index (χ1n) is 13.5. The fourth-order valence-corrected chi connectivity index (χ4v) is 5.17. The van der Waals surface area contributed by atoms with E-state index in [9.17, 15) is 14.7 Å². The summed E-state index contributed by atoms with van der Waals surface area (Å²) in [4.78, 5) is 43.4. The van der Waals surface area contributed by atoms with E-state index in [1.165, 1.54) is 11.3 Å². The van der Waals surface area contributed by atoms with Crippen LogP contribution in [0.2, 0.25) is 0 Å². The van der Waals surface area contributed by atoms with Crippen molar-refractivity contribution in [3.63, 3.8) is 0 Å². The normalized spacial score (nSPS) is 13.9. The molecule has 0 bridgehead atoms. The summed E-state index contributed by atoms with van der Waals surface area (Å²) in [7, 11) is 4.01. The second-order valence-corrected chi connectivity index (χ2v) is 10.9. The van der Waals surface area contributed by atoms with E-state index in [-0.39, 0.29) is 18.6 Å². The first-order valence-corrected chi connectivity index (χ1v) is 14.3. The van der Waals surface area contributed by atoms with E-state index in [1.54, 1.807) is 26.0 Å². The van der Waals surface area contributed by atoms with Gasteiger partial charge in [0.15, 0.2) is 5.13 Å². The van der Waals surface area contributed by atoms with E-state index in [4.69, 9.17) is 14.7 Å². The first kappa shape index (κ1) is 29.4. The van der Waals surface area contributed by atoms with Gasteiger partial charge in [-0.25, -0.2) is 14.8 Å². The van der Waals surface area contributed by atoms with Gasteiger partial charge in [0.2, 0.25) is 5.95 Å². The fraction of sp³-hybridized carbons (Fsp3) is 0.464. The Labute approximate surface area is 238 Å². The van der Waals surface area contributed by atoms with Gasteiger partial charge in [-0.15, -0.1) is 0 Å². The van der Waals surface area contributed by atoms with E-state index in [0.29, 0.717) is 65.4 Å². The van der Waals surface area contributed by atoms with Crippen LogP contribution >= 0.6 is 11.3 Å². The van der Waals surface area contributed by atoms with E-state index >= 15 is 0 Å². The highest BCUT2D eigenvalue weighted by Gasteiger charge is 2.21. The number of aliphatic hydroxyl groups excluding tert-OH is 1. The number of esters is 1. The molecule has 2 aromatic heterocycles. The molecule has 3 N–H and O–H groups in total. The number of anilines is 3. The third-order valence-corrected chi connectivity index (χ3v) is 7.54. The number of piperidine rings is 1. The molecule has 0 unspecified atom stereocenters. The van der Waals surface area contributed by atoms with Gasteiger partial charge in [-0.2, -0.15) is 4.98 Å². The van der Waals surface area contributed by atoms with Crippen molar-refractivity contribution in [2.45, 2.75) is 39.2 Å². The number of hydrogen-bond acceptors (Lipinski definition) is 11. The van der Waals surface area contributed by atoms with Crippen molar-refractivity contribution in [1.29, 1.82) is 0 Å². The Kier molecular flexibility index (Phi) is 10.0. The maximum atomic E-state index is 12.6. The van der Waals surface area contributed by atoms with Crippen LogP contribution in [0.1, 0.15) is 51.9 Å². The van der Waals surface area contributed by atoms with Crippen LogP contribution in [-0.4, -0.2) is 89.8 Å². The Bertz CT molecular complexity index is 1300. The minimum Gasteiger partial charge on any atom is -0.462 e. The van der Waals surface area contributed by atoms with Gasteiger partial charge in [-0.05, 0) is 65.9 Å². The van der Waals surface area contributed by atoms with Crippen LogP contribution in [0.4, 0.5) is 16.9 Å². The van der Waals surface area contributed by atoms with Gasteiger partial charge in [0.1, 0.15) is 10.7 Å². The van der Waals surface area contributed by atoms with Gasteiger partial charge in [0, 0.05) is 36.8 Å². The lowest BCUT2D eigenvalue weighted by Gasteiger charge is -2.30. The Morgan fingerprint density at radius 1 is 1.15 bits per heavy atom. The molecule has 12 heteroatoms. The Morgan fingerprint density at radius 3 is 2.55 bits per heavy atom. The molecule has 1 fully saturated rings. The number of hydrogen-bond donors (Lipinski definition) is 3. The minimum absolute atomic E-state index is 0.112. The van der Waals surface area contributed by atoms with Crippen molar-refractivity contribution < 1.29 is 19.4 Å². The summed E-state index contributed by atoms with van der Waals surface area (Å²) in [5.74, 6) is 0.542. The first-order chi connectivity index (χ1) is 19.2. The maximum absolute atomic E-state index is 12.6. The van der Waals surface area contributed by atoms with Crippen molar-refractivity contribution >= 4 is 40.1 Å². The average molecular weight is 568 g/mol. The van der Waals surface area contributed by atoms with Crippen molar-refractivity contribution in [3.05, 3.63) is 46.5 Å². The molecule has 3 aromatic rings. The molecule has 1 aromatic carbocycles. The van der Waals surface area contributed by atoms with Crippen LogP contribution in [0.25, 0.3) is 11.3 Å². The van der Waals surface area contributed by atoms with Crippen molar-refractivity contribution in [1.82, 2.24) is 25.2 Å². The van der Waals surface area contributed by atoms with Crippen LogP contribution in [0.15, 0.2) is 30.3 Å². The zero-order valence-electron chi connectivity index (χ0n) is 23.4. The van der Waals surface area contributed by atoms with Crippen LogP contribution < -0.4 is 15.5 Å². The minimum atomic E-state index is -0.408. The van der Waals surface area contributed by atoms with Crippen molar-refractivity contribution in [2.24, 2.45) is 0 Å². The van der Waals surface area contributed by atoms with Gasteiger partial charge in [0.25, 0.3) is 5.91 Å². The Balaban J connectivity index is 1.57. The number of ether oxygens (including phenoxy) is 1. The molecule has 214 valence electrons. The van der Waals surface area contributed by atoms with Crippen LogP contribution in [-0.2, 0) is 4.74 Å². The zero-order chi connectivity index (χ0) is 28.6. The number of aryl methyl sites for hydroxylation is 1. The Hall–Kier alpha value is -3.61. The number of thiazole rings is 1. The number of carbonyl (C=O) groups is 2. The summed E-state index contributed by atoms with van der Waals surface area (Å²) in [6, 6.07) is 9.24.